The molecule has 0 amide bonds. The summed E-state index contributed by atoms with van der Waals surface area (Å²) in [5, 5.41) is 11.8. The number of ether oxygens (including phenoxy) is 3. The van der Waals surface area contributed by atoms with Gasteiger partial charge in [0.25, 0.3) is 11.5 Å². The van der Waals surface area contributed by atoms with Crippen molar-refractivity contribution in [2.75, 3.05) is 19.8 Å². The minimum atomic E-state index is -0.833. The van der Waals surface area contributed by atoms with Crippen LogP contribution in [0.5, 0.6) is 5.75 Å². The highest BCUT2D eigenvalue weighted by molar-refractivity contribution is 5.69. The van der Waals surface area contributed by atoms with Crippen molar-refractivity contribution in [1.82, 2.24) is 9.78 Å². The SMILES string of the molecule is CC(=O)O.CCOC(=O)Cn1nc(C2CC2)c(OC2CCOCC2)cc1=O. The average molecular weight is 382 g/mol. The van der Waals surface area contributed by atoms with E-state index in [0.29, 0.717) is 24.9 Å². The Morgan fingerprint density at radius 1 is 1.30 bits per heavy atom. The summed E-state index contributed by atoms with van der Waals surface area (Å²) in [5.41, 5.74) is 0.435. The van der Waals surface area contributed by atoms with E-state index in [1.54, 1.807) is 6.92 Å². The first-order valence-electron chi connectivity index (χ1n) is 9.12. The smallest absolute Gasteiger partial charge is 0.327 e. The average Bonchev–Trinajstić information content (AvgIpc) is 3.43. The van der Waals surface area contributed by atoms with Crippen LogP contribution in [0.25, 0.3) is 0 Å². The number of carbonyl (C=O) groups excluding carboxylic acids is 1. The standard InChI is InChI=1S/C16H22N2O5.C2H4O2/c1-2-22-15(20)10-18-14(19)9-13(16(17-18)11-3-4-11)23-12-5-7-21-8-6-12;1-2(3)4/h9,11-12H,2-8,10H2,1H3;1H3,(H,3,4). The second kappa shape index (κ2) is 10.1. The van der Waals surface area contributed by atoms with Crippen molar-refractivity contribution in [3.05, 3.63) is 22.1 Å². The molecule has 2 heterocycles. The Morgan fingerprint density at radius 3 is 2.48 bits per heavy atom. The van der Waals surface area contributed by atoms with Crippen LogP contribution in [0.2, 0.25) is 0 Å². The first-order chi connectivity index (χ1) is 12.9. The van der Waals surface area contributed by atoms with Crippen LogP contribution in [0.4, 0.5) is 0 Å². The molecule has 0 bridgehead atoms. The molecule has 9 nitrogen and oxygen atoms in total. The molecule has 1 aliphatic heterocycles. The highest BCUT2D eigenvalue weighted by Gasteiger charge is 2.31. The predicted octanol–water partition coefficient (Wildman–Crippen LogP) is 1.33. The summed E-state index contributed by atoms with van der Waals surface area (Å²) in [6.45, 7) is 4.29. The molecule has 0 atom stereocenters. The van der Waals surface area contributed by atoms with Crippen molar-refractivity contribution in [3.63, 3.8) is 0 Å². The second-order valence-corrected chi connectivity index (χ2v) is 6.42. The third-order valence-corrected chi connectivity index (χ3v) is 4.00. The molecule has 1 saturated carbocycles. The van der Waals surface area contributed by atoms with E-state index in [1.807, 2.05) is 0 Å². The Bertz CT molecular complexity index is 702. The second-order valence-electron chi connectivity index (χ2n) is 6.42. The number of carbonyl (C=O) groups is 2. The summed E-state index contributed by atoms with van der Waals surface area (Å²) < 4.78 is 17.4. The van der Waals surface area contributed by atoms with E-state index in [0.717, 1.165) is 38.3 Å². The molecule has 9 heteroatoms. The number of hydrogen-bond donors (Lipinski definition) is 1. The van der Waals surface area contributed by atoms with Crippen molar-refractivity contribution >= 4 is 11.9 Å². The molecule has 1 saturated heterocycles. The molecule has 2 aliphatic rings. The zero-order valence-electron chi connectivity index (χ0n) is 15.7. The van der Waals surface area contributed by atoms with Crippen molar-refractivity contribution in [2.45, 2.75) is 58.1 Å². The van der Waals surface area contributed by atoms with Gasteiger partial charge in [0.05, 0.1) is 19.8 Å². The molecule has 2 fully saturated rings. The van der Waals surface area contributed by atoms with E-state index in [4.69, 9.17) is 24.1 Å². The molecule has 1 aromatic heterocycles. The summed E-state index contributed by atoms with van der Waals surface area (Å²) >= 11 is 0. The molecule has 1 N–H and O–H groups in total. The Hall–Kier alpha value is -2.42. The van der Waals surface area contributed by atoms with E-state index in [1.165, 1.54) is 10.7 Å². The number of aliphatic carboxylic acids is 1. The van der Waals surface area contributed by atoms with Crippen LogP contribution in [0.3, 0.4) is 0 Å². The predicted molar refractivity (Wildman–Crippen MR) is 94.9 cm³/mol. The Balaban J connectivity index is 0.000000596. The Kier molecular flexibility index (Phi) is 7.78. The molecule has 1 aromatic rings. The quantitative estimate of drug-likeness (QED) is 0.733. The van der Waals surface area contributed by atoms with Gasteiger partial charge < -0.3 is 19.3 Å². The van der Waals surface area contributed by atoms with Gasteiger partial charge in [-0.05, 0) is 19.8 Å². The van der Waals surface area contributed by atoms with Crippen molar-refractivity contribution < 1.29 is 28.9 Å². The van der Waals surface area contributed by atoms with Gasteiger partial charge in [-0.2, -0.15) is 5.10 Å². The normalized spacial score (nSPS) is 16.8. The number of hydrogen-bond acceptors (Lipinski definition) is 7. The summed E-state index contributed by atoms with van der Waals surface area (Å²) in [6.07, 6.45) is 3.76. The maximum atomic E-state index is 12.2. The fourth-order valence-corrected chi connectivity index (χ4v) is 2.64. The summed E-state index contributed by atoms with van der Waals surface area (Å²) in [4.78, 5) is 32.8. The first-order valence-corrected chi connectivity index (χ1v) is 9.12. The highest BCUT2D eigenvalue weighted by Crippen LogP contribution is 2.42. The topological polar surface area (TPSA) is 117 Å². The Morgan fingerprint density at radius 2 is 1.93 bits per heavy atom. The van der Waals surface area contributed by atoms with Crippen LogP contribution in [-0.2, 0) is 25.6 Å². The highest BCUT2D eigenvalue weighted by atomic mass is 16.5. The van der Waals surface area contributed by atoms with Crippen molar-refractivity contribution in [2.24, 2.45) is 0 Å². The largest absolute Gasteiger partial charge is 0.488 e. The number of rotatable bonds is 6. The summed E-state index contributed by atoms with van der Waals surface area (Å²) in [5.74, 6) is -0.412. The molecule has 27 heavy (non-hydrogen) atoms. The lowest BCUT2D eigenvalue weighted by atomic mass is 10.1. The lowest BCUT2D eigenvalue weighted by Crippen LogP contribution is -2.31. The van der Waals surface area contributed by atoms with Crippen LogP contribution in [0, 0.1) is 0 Å². The van der Waals surface area contributed by atoms with Crippen LogP contribution in [-0.4, -0.2) is 52.8 Å². The molecule has 0 aromatic carbocycles. The van der Waals surface area contributed by atoms with E-state index in [9.17, 15) is 9.59 Å². The van der Waals surface area contributed by atoms with Gasteiger partial charge in [-0.15, -0.1) is 0 Å². The van der Waals surface area contributed by atoms with Gasteiger partial charge in [-0.1, -0.05) is 0 Å². The lowest BCUT2D eigenvalue weighted by molar-refractivity contribution is -0.144. The third-order valence-electron chi connectivity index (χ3n) is 4.00. The van der Waals surface area contributed by atoms with E-state index in [2.05, 4.69) is 5.10 Å². The number of aromatic nitrogens is 2. The fourth-order valence-electron chi connectivity index (χ4n) is 2.64. The summed E-state index contributed by atoms with van der Waals surface area (Å²) in [7, 11) is 0. The molecular weight excluding hydrogens is 356 g/mol. The van der Waals surface area contributed by atoms with Crippen molar-refractivity contribution in [3.8, 4) is 5.75 Å². The minimum absolute atomic E-state index is 0.0587. The van der Waals surface area contributed by atoms with Crippen LogP contribution >= 0.6 is 0 Å². The molecule has 0 spiro atoms. The van der Waals surface area contributed by atoms with Gasteiger partial charge in [0.1, 0.15) is 24.1 Å². The minimum Gasteiger partial charge on any atom is -0.488 e. The van der Waals surface area contributed by atoms with Gasteiger partial charge in [0.15, 0.2) is 0 Å². The molecule has 3 rings (SSSR count). The van der Waals surface area contributed by atoms with Crippen LogP contribution in [0.1, 0.15) is 51.1 Å². The van der Waals surface area contributed by atoms with Gasteiger partial charge >= 0.3 is 5.97 Å². The third kappa shape index (κ3) is 7.01. The number of carboxylic acid groups (broad SMARTS) is 1. The molecular formula is C18H26N2O7. The van der Waals surface area contributed by atoms with E-state index < -0.39 is 11.9 Å². The van der Waals surface area contributed by atoms with Gasteiger partial charge in [-0.25, -0.2) is 4.68 Å². The van der Waals surface area contributed by atoms with Crippen LogP contribution < -0.4 is 10.3 Å². The fraction of sp³-hybridized carbons (Fsp3) is 0.667. The van der Waals surface area contributed by atoms with E-state index in [-0.39, 0.29) is 24.8 Å². The van der Waals surface area contributed by atoms with Gasteiger partial charge in [-0.3, -0.25) is 14.4 Å². The number of nitrogens with zero attached hydrogens (tertiary/aromatic N) is 2. The molecule has 0 unspecified atom stereocenters. The molecule has 0 radical (unpaired) electrons. The maximum absolute atomic E-state index is 12.2. The van der Waals surface area contributed by atoms with Gasteiger partial charge in [0, 0.05) is 31.7 Å². The zero-order valence-corrected chi connectivity index (χ0v) is 15.7. The van der Waals surface area contributed by atoms with Crippen molar-refractivity contribution in [1.29, 1.82) is 0 Å². The number of esters is 1. The molecule has 150 valence electrons. The van der Waals surface area contributed by atoms with E-state index >= 15 is 0 Å². The zero-order chi connectivity index (χ0) is 19.8. The van der Waals surface area contributed by atoms with Crippen LogP contribution in [0.15, 0.2) is 10.9 Å². The maximum Gasteiger partial charge on any atom is 0.327 e. The monoisotopic (exact) mass is 382 g/mol. The Labute approximate surface area is 157 Å². The lowest BCUT2D eigenvalue weighted by Gasteiger charge is -2.24. The molecule has 1 aliphatic carbocycles. The summed E-state index contributed by atoms with van der Waals surface area (Å²) in [6, 6.07) is 1.45. The number of carboxylic acids is 1. The van der Waals surface area contributed by atoms with Gasteiger partial charge in [0.2, 0.25) is 0 Å². The first kappa shape index (κ1) is 20.9.